The van der Waals surface area contributed by atoms with Crippen LogP contribution in [0.2, 0.25) is 5.15 Å². The molecule has 0 aliphatic heterocycles. The molecule has 0 atom stereocenters. The maximum Gasteiger partial charge on any atom is 0.416 e. The van der Waals surface area contributed by atoms with Gasteiger partial charge in [0.2, 0.25) is 5.88 Å². The zero-order chi connectivity index (χ0) is 14.0. The second-order valence-electron chi connectivity index (χ2n) is 3.63. The largest absolute Gasteiger partial charge is 0.479 e. The average molecular weight is 289 g/mol. The van der Waals surface area contributed by atoms with Gasteiger partial charge in [-0.05, 0) is 12.1 Å². The van der Waals surface area contributed by atoms with E-state index in [1.54, 1.807) is 0 Å². The van der Waals surface area contributed by atoms with Crippen LogP contribution in [0.5, 0.6) is 5.88 Å². The average Bonchev–Trinajstić information content (AvgIpc) is 2.37. The lowest BCUT2D eigenvalue weighted by Crippen LogP contribution is -2.05. The third-order valence-corrected chi connectivity index (χ3v) is 2.55. The summed E-state index contributed by atoms with van der Waals surface area (Å²) in [7, 11) is 1.34. The van der Waals surface area contributed by atoms with E-state index in [0.717, 1.165) is 12.1 Å². The van der Waals surface area contributed by atoms with E-state index in [0.29, 0.717) is 0 Å². The molecule has 2 aromatic rings. The lowest BCUT2D eigenvalue weighted by molar-refractivity contribution is -0.137. The van der Waals surface area contributed by atoms with Crippen molar-refractivity contribution in [3.63, 3.8) is 0 Å². The second kappa shape index (κ2) is 5.05. The minimum absolute atomic E-state index is 0.0758. The van der Waals surface area contributed by atoms with E-state index >= 15 is 0 Å². The van der Waals surface area contributed by atoms with E-state index in [4.69, 9.17) is 16.3 Å². The van der Waals surface area contributed by atoms with Gasteiger partial charge < -0.3 is 4.74 Å². The van der Waals surface area contributed by atoms with Crippen LogP contribution in [0.25, 0.3) is 11.3 Å². The van der Waals surface area contributed by atoms with Gasteiger partial charge in [0.15, 0.2) is 5.15 Å². The lowest BCUT2D eigenvalue weighted by Gasteiger charge is -2.10. The molecule has 0 amide bonds. The predicted octanol–water partition coefficient (Wildman–Crippen LogP) is 3.82. The van der Waals surface area contributed by atoms with Crippen molar-refractivity contribution < 1.29 is 17.9 Å². The molecule has 0 fully saturated rings. The van der Waals surface area contributed by atoms with Gasteiger partial charge in [-0.1, -0.05) is 23.7 Å². The first kappa shape index (κ1) is 13.6. The molecular weight excluding hydrogens is 281 g/mol. The molecule has 2 rings (SSSR count). The van der Waals surface area contributed by atoms with E-state index in [-0.39, 0.29) is 22.3 Å². The van der Waals surface area contributed by atoms with Crippen LogP contribution in [0.3, 0.4) is 0 Å². The highest BCUT2D eigenvalue weighted by Gasteiger charge is 2.30. The number of methoxy groups -OCH3 is 1. The third kappa shape index (κ3) is 2.96. The Hall–Kier alpha value is -1.82. The van der Waals surface area contributed by atoms with Gasteiger partial charge in [0.1, 0.15) is 5.69 Å². The Morgan fingerprint density at radius 1 is 1.26 bits per heavy atom. The maximum absolute atomic E-state index is 12.6. The van der Waals surface area contributed by atoms with Gasteiger partial charge >= 0.3 is 6.18 Å². The van der Waals surface area contributed by atoms with Crippen molar-refractivity contribution in [2.75, 3.05) is 7.11 Å². The summed E-state index contributed by atoms with van der Waals surface area (Å²) in [4.78, 5) is 7.81. The number of hydrogen-bond acceptors (Lipinski definition) is 3. The molecule has 0 radical (unpaired) electrons. The van der Waals surface area contributed by atoms with Crippen molar-refractivity contribution in [3.05, 3.63) is 41.2 Å². The van der Waals surface area contributed by atoms with Crippen molar-refractivity contribution in [2.24, 2.45) is 0 Å². The molecular formula is C12H8ClF3N2O. The van der Waals surface area contributed by atoms with Crippen molar-refractivity contribution in [1.82, 2.24) is 9.97 Å². The summed E-state index contributed by atoms with van der Waals surface area (Å²) in [6.45, 7) is 0. The highest BCUT2D eigenvalue weighted by atomic mass is 35.5. The lowest BCUT2D eigenvalue weighted by atomic mass is 10.1. The first-order valence-corrected chi connectivity index (χ1v) is 5.54. The molecule has 1 heterocycles. The summed E-state index contributed by atoms with van der Waals surface area (Å²) in [6, 6.07) is 4.77. The number of rotatable bonds is 2. The summed E-state index contributed by atoms with van der Waals surface area (Å²) in [5.41, 5.74) is -0.294. The molecule has 0 aliphatic carbocycles. The first-order valence-electron chi connectivity index (χ1n) is 5.16. The number of benzene rings is 1. The summed E-state index contributed by atoms with van der Waals surface area (Å²) >= 11 is 5.65. The van der Waals surface area contributed by atoms with E-state index < -0.39 is 11.7 Å². The summed E-state index contributed by atoms with van der Waals surface area (Å²) in [5.74, 6) is 0.0758. The van der Waals surface area contributed by atoms with Crippen LogP contribution in [0.1, 0.15) is 5.56 Å². The molecule has 19 heavy (non-hydrogen) atoms. The molecule has 7 heteroatoms. The van der Waals surface area contributed by atoms with E-state index in [9.17, 15) is 13.2 Å². The number of aromatic nitrogens is 2. The molecule has 1 aromatic heterocycles. The Balaban J connectivity index is 2.53. The van der Waals surface area contributed by atoms with Gasteiger partial charge in [0, 0.05) is 5.56 Å². The highest BCUT2D eigenvalue weighted by Crippen LogP contribution is 2.33. The van der Waals surface area contributed by atoms with E-state index in [1.165, 1.54) is 25.4 Å². The molecule has 100 valence electrons. The molecule has 0 N–H and O–H groups in total. The van der Waals surface area contributed by atoms with Crippen molar-refractivity contribution in [2.45, 2.75) is 6.18 Å². The number of ether oxygens (including phenoxy) is 1. The quantitative estimate of drug-likeness (QED) is 0.842. The third-order valence-electron chi connectivity index (χ3n) is 2.37. The number of alkyl halides is 3. The Morgan fingerprint density at radius 3 is 2.63 bits per heavy atom. The van der Waals surface area contributed by atoms with Crippen molar-refractivity contribution >= 4 is 11.6 Å². The minimum Gasteiger partial charge on any atom is -0.479 e. The number of hydrogen-bond donors (Lipinski definition) is 0. The second-order valence-corrected chi connectivity index (χ2v) is 4.02. The molecule has 0 aliphatic rings. The fourth-order valence-corrected chi connectivity index (χ4v) is 1.66. The van der Waals surface area contributed by atoms with E-state index in [2.05, 4.69) is 9.97 Å². The van der Waals surface area contributed by atoms with Gasteiger partial charge in [0.05, 0.1) is 18.9 Å². The van der Waals surface area contributed by atoms with Gasteiger partial charge in [-0.25, -0.2) is 4.98 Å². The monoisotopic (exact) mass is 288 g/mol. The topological polar surface area (TPSA) is 35.0 Å². The van der Waals surface area contributed by atoms with Crippen LogP contribution in [-0.2, 0) is 6.18 Å². The molecule has 0 spiro atoms. The SMILES string of the molecule is COc1nc(Cl)cnc1-c1cccc(C(F)(F)F)c1. The molecule has 1 aromatic carbocycles. The molecule has 0 saturated heterocycles. The van der Waals surface area contributed by atoms with E-state index in [1.807, 2.05) is 0 Å². The molecule has 3 nitrogen and oxygen atoms in total. The van der Waals surface area contributed by atoms with Crippen LogP contribution >= 0.6 is 11.6 Å². The Labute approximate surface area is 112 Å². The highest BCUT2D eigenvalue weighted by molar-refractivity contribution is 6.29. The predicted molar refractivity (Wildman–Crippen MR) is 64.0 cm³/mol. The number of nitrogens with zero attached hydrogens (tertiary/aromatic N) is 2. The minimum atomic E-state index is -4.41. The van der Waals surface area contributed by atoms with Crippen molar-refractivity contribution in [3.8, 4) is 17.1 Å². The van der Waals surface area contributed by atoms with Gasteiger partial charge in [-0.2, -0.15) is 18.2 Å². The smallest absolute Gasteiger partial charge is 0.416 e. The van der Waals surface area contributed by atoms with Crippen LogP contribution in [-0.4, -0.2) is 17.1 Å². The van der Waals surface area contributed by atoms with Crippen LogP contribution < -0.4 is 4.74 Å². The molecule has 0 saturated carbocycles. The van der Waals surface area contributed by atoms with Crippen LogP contribution in [0.15, 0.2) is 30.5 Å². The zero-order valence-electron chi connectivity index (χ0n) is 9.70. The molecule has 0 bridgehead atoms. The fraction of sp³-hybridized carbons (Fsp3) is 0.167. The Morgan fingerprint density at radius 2 is 2.00 bits per heavy atom. The molecule has 0 unspecified atom stereocenters. The summed E-state index contributed by atoms with van der Waals surface area (Å²) in [5, 5.41) is 0.104. The van der Waals surface area contributed by atoms with Crippen molar-refractivity contribution in [1.29, 1.82) is 0 Å². The Bertz CT molecular complexity index is 602. The number of halogens is 4. The Kier molecular flexibility index (Phi) is 3.61. The van der Waals surface area contributed by atoms with Crippen LogP contribution in [0, 0.1) is 0 Å². The van der Waals surface area contributed by atoms with Gasteiger partial charge in [-0.3, -0.25) is 0 Å². The van der Waals surface area contributed by atoms with Gasteiger partial charge in [-0.15, -0.1) is 0 Å². The zero-order valence-corrected chi connectivity index (χ0v) is 10.5. The van der Waals surface area contributed by atoms with Crippen LogP contribution in [0.4, 0.5) is 13.2 Å². The summed E-state index contributed by atoms with van der Waals surface area (Å²) < 4.78 is 42.9. The first-order chi connectivity index (χ1) is 8.91. The maximum atomic E-state index is 12.6. The normalized spacial score (nSPS) is 11.4. The standard InChI is InChI=1S/C12H8ClF3N2O/c1-19-11-10(17-6-9(13)18-11)7-3-2-4-8(5-7)12(14,15)16/h2-6H,1H3. The van der Waals surface area contributed by atoms with Gasteiger partial charge in [0.25, 0.3) is 0 Å². The fourth-order valence-electron chi connectivity index (χ4n) is 1.54. The summed E-state index contributed by atoms with van der Waals surface area (Å²) in [6.07, 6.45) is -3.16.